The first-order chi connectivity index (χ1) is 11.4. The normalized spacial score (nSPS) is 11.7. The van der Waals surface area contributed by atoms with E-state index in [0.29, 0.717) is 0 Å². The Balaban J connectivity index is 1.92. The summed E-state index contributed by atoms with van der Waals surface area (Å²) in [5.41, 5.74) is 3.30. The second-order valence-corrected chi connectivity index (χ2v) is 7.55. The van der Waals surface area contributed by atoms with Crippen molar-refractivity contribution in [3.05, 3.63) is 53.4 Å². The molecule has 0 spiro atoms. The lowest BCUT2D eigenvalue weighted by molar-refractivity contribution is 0.414. The maximum absolute atomic E-state index is 5.22. The van der Waals surface area contributed by atoms with E-state index in [-0.39, 0.29) is 5.41 Å². The van der Waals surface area contributed by atoms with Gasteiger partial charge in [-0.05, 0) is 24.6 Å². The van der Waals surface area contributed by atoms with Gasteiger partial charge in [0.25, 0.3) is 0 Å². The van der Waals surface area contributed by atoms with Gasteiger partial charge in [0, 0.05) is 23.4 Å². The van der Waals surface area contributed by atoms with Crippen molar-refractivity contribution in [1.29, 1.82) is 0 Å². The summed E-state index contributed by atoms with van der Waals surface area (Å²) >= 11 is 1.42. The molecule has 0 bridgehead atoms. The second kappa shape index (κ2) is 6.36. The monoisotopic (exact) mass is 342 g/mol. The predicted molar refractivity (Wildman–Crippen MR) is 96.3 cm³/mol. The zero-order valence-electron chi connectivity index (χ0n) is 14.7. The lowest BCUT2D eigenvalue weighted by Gasteiger charge is -2.12. The molecule has 3 rings (SSSR count). The molecule has 0 atom stereocenters. The molecular formula is C18H22N4OS. The molecule has 6 heteroatoms. The number of benzene rings is 1. The number of nitrogens with zero attached hydrogens (tertiary/aromatic N) is 4. The van der Waals surface area contributed by atoms with Crippen molar-refractivity contribution in [2.24, 2.45) is 0 Å². The summed E-state index contributed by atoms with van der Waals surface area (Å²) in [5.74, 6) is 1.73. The van der Waals surface area contributed by atoms with Gasteiger partial charge >= 0.3 is 0 Å². The maximum Gasteiger partial charge on any atom is 0.214 e. The fraction of sp³-hybridized carbons (Fsp3) is 0.389. The highest BCUT2D eigenvalue weighted by Gasteiger charge is 2.21. The lowest BCUT2D eigenvalue weighted by Crippen LogP contribution is -2.13. The molecular weight excluding hydrogens is 320 g/mol. The molecule has 0 unspecified atom stereocenters. The molecule has 126 valence electrons. The van der Waals surface area contributed by atoms with Gasteiger partial charge in [-0.15, -0.1) is 0 Å². The number of aryl methyl sites for hydroxylation is 1. The van der Waals surface area contributed by atoms with Crippen LogP contribution < -0.4 is 4.74 Å². The van der Waals surface area contributed by atoms with E-state index in [1.165, 1.54) is 17.1 Å². The van der Waals surface area contributed by atoms with Crippen LogP contribution in [0.25, 0.3) is 5.13 Å². The molecule has 0 saturated carbocycles. The fourth-order valence-electron chi connectivity index (χ4n) is 2.40. The number of hydrogen-bond donors (Lipinski definition) is 0. The molecule has 0 amide bonds. The molecule has 3 aromatic rings. The standard InChI is InChI=1S/C18H22N4OS/c1-12-15(10-13-6-8-14(23-5)9-7-13)22(11-19-12)17-20-16(21-24-17)18(2,3)4/h6-9,11H,10H2,1-5H3. The van der Waals surface area contributed by atoms with Crippen molar-refractivity contribution in [2.75, 3.05) is 7.11 Å². The molecule has 0 aliphatic rings. The summed E-state index contributed by atoms with van der Waals surface area (Å²) in [4.78, 5) is 9.18. The highest BCUT2D eigenvalue weighted by molar-refractivity contribution is 7.08. The summed E-state index contributed by atoms with van der Waals surface area (Å²) in [7, 11) is 1.68. The van der Waals surface area contributed by atoms with Gasteiger partial charge in [-0.25, -0.2) is 9.97 Å². The average Bonchev–Trinajstić information content (AvgIpc) is 3.16. The number of aromatic nitrogens is 4. The quantitative estimate of drug-likeness (QED) is 0.721. The molecule has 0 aliphatic heterocycles. The third-order valence-electron chi connectivity index (χ3n) is 3.90. The summed E-state index contributed by atoms with van der Waals surface area (Å²) in [6.45, 7) is 8.39. The van der Waals surface area contributed by atoms with E-state index >= 15 is 0 Å². The van der Waals surface area contributed by atoms with Gasteiger partial charge in [0.05, 0.1) is 18.5 Å². The Morgan fingerprint density at radius 1 is 1.17 bits per heavy atom. The summed E-state index contributed by atoms with van der Waals surface area (Å²) < 4.78 is 11.8. The van der Waals surface area contributed by atoms with E-state index in [4.69, 9.17) is 9.72 Å². The third kappa shape index (κ3) is 3.33. The number of imidazole rings is 1. The van der Waals surface area contributed by atoms with Crippen LogP contribution in [0.15, 0.2) is 30.6 Å². The van der Waals surface area contributed by atoms with E-state index in [1.807, 2.05) is 30.0 Å². The van der Waals surface area contributed by atoms with Gasteiger partial charge in [-0.2, -0.15) is 4.37 Å². The highest BCUT2D eigenvalue weighted by atomic mass is 32.1. The SMILES string of the molecule is COc1ccc(Cc2c(C)ncn2-c2nc(C(C)(C)C)ns2)cc1. The van der Waals surface area contributed by atoms with Crippen molar-refractivity contribution >= 4 is 11.5 Å². The lowest BCUT2D eigenvalue weighted by atomic mass is 9.96. The van der Waals surface area contributed by atoms with E-state index in [1.54, 1.807) is 7.11 Å². The fourth-order valence-corrected chi connectivity index (χ4v) is 3.25. The number of ether oxygens (including phenoxy) is 1. The van der Waals surface area contributed by atoms with Crippen molar-refractivity contribution < 1.29 is 4.74 Å². The third-order valence-corrected chi connectivity index (χ3v) is 4.61. The Morgan fingerprint density at radius 2 is 1.88 bits per heavy atom. The van der Waals surface area contributed by atoms with Crippen molar-refractivity contribution in [3.63, 3.8) is 0 Å². The Morgan fingerprint density at radius 3 is 2.46 bits per heavy atom. The number of hydrogen-bond acceptors (Lipinski definition) is 5. The predicted octanol–water partition coefficient (Wildman–Crippen LogP) is 3.93. The van der Waals surface area contributed by atoms with Crippen LogP contribution >= 0.6 is 11.5 Å². The largest absolute Gasteiger partial charge is 0.497 e. The van der Waals surface area contributed by atoms with Crippen LogP contribution in [0.4, 0.5) is 0 Å². The van der Waals surface area contributed by atoms with Gasteiger partial charge in [-0.1, -0.05) is 32.9 Å². The molecule has 0 aliphatic carbocycles. The Kier molecular flexibility index (Phi) is 4.41. The molecule has 0 radical (unpaired) electrons. The van der Waals surface area contributed by atoms with E-state index < -0.39 is 0 Å². The van der Waals surface area contributed by atoms with Crippen LogP contribution in [-0.4, -0.2) is 26.0 Å². The van der Waals surface area contributed by atoms with Gasteiger partial charge in [0.1, 0.15) is 17.9 Å². The second-order valence-electron chi connectivity index (χ2n) is 6.82. The number of methoxy groups -OCH3 is 1. The van der Waals surface area contributed by atoms with E-state index in [2.05, 4.69) is 42.3 Å². The first-order valence-corrected chi connectivity index (χ1v) is 8.66. The summed E-state index contributed by atoms with van der Waals surface area (Å²) in [6, 6.07) is 8.12. The van der Waals surface area contributed by atoms with Crippen LogP contribution in [0.2, 0.25) is 0 Å². The van der Waals surface area contributed by atoms with Crippen LogP contribution in [0.5, 0.6) is 5.75 Å². The molecule has 1 aromatic carbocycles. The van der Waals surface area contributed by atoms with Crippen molar-refractivity contribution in [2.45, 2.75) is 39.5 Å². The minimum atomic E-state index is -0.0550. The number of rotatable bonds is 4. The van der Waals surface area contributed by atoms with Gasteiger partial charge in [0.2, 0.25) is 5.13 Å². The molecule has 2 heterocycles. The Bertz CT molecular complexity index is 828. The van der Waals surface area contributed by atoms with Crippen LogP contribution in [0, 0.1) is 6.92 Å². The average molecular weight is 342 g/mol. The van der Waals surface area contributed by atoms with Crippen molar-refractivity contribution in [1.82, 2.24) is 18.9 Å². The highest BCUT2D eigenvalue weighted by Crippen LogP contribution is 2.25. The van der Waals surface area contributed by atoms with Gasteiger partial charge in [0.15, 0.2) is 0 Å². The Labute approximate surface area is 146 Å². The maximum atomic E-state index is 5.22. The minimum Gasteiger partial charge on any atom is -0.497 e. The van der Waals surface area contributed by atoms with Crippen molar-refractivity contribution in [3.8, 4) is 10.9 Å². The van der Waals surface area contributed by atoms with Crippen LogP contribution in [0.1, 0.15) is 43.5 Å². The van der Waals surface area contributed by atoms with Crippen LogP contribution in [-0.2, 0) is 11.8 Å². The zero-order valence-corrected chi connectivity index (χ0v) is 15.5. The molecule has 24 heavy (non-hydrogen) atoms. The molecule has 0 saturated heterocycles. The first kappa shape index (κ1) is 16.6. The first-order valence-electron chi connectivity index (χ1n) is 7.89. The summed E-state index contributed by atoms with van der Waals surface area (Å²) in [6.07, 6.45) is 2.63. The Hall–Kier alpha value is -2.21. The molecule has 0 N–H and O–H groups in total. The zero-order chi connectivity index (χ0) is 17.3. The summed E-state index contributed by atoms with van der Waals surface area (Å²) in [5, 5.41) is 0.865. The smallest absolute Gasteiger partial charge is 0.214 e. The minimum absolute atomic E-state index is 0.0550. The molecule has 0 fully saturated rings. The van der Waals surface area contributed by atoms with Gasteiger partial charge < -0.3 is 4.74 Å². The molecule has 5 nitrogen and oxygen atoms in total. The van der Waals surface area contributed by atoms with E-state index in [0.717, 1.165) is 34.5 Å². The topological polar surface area (TPSA) is 52.8 Å². The van der Waals surface area contributed by atoms with E-state index in [9.17, 15) is 0 Å². The molecule has 2 aromatic heterocycles. The van der Waals surface area contributed by atoms with Crippen LogP contribution in [0.3, 0.4) is 0 Å². The van der Waals surface area contributed by atoms with Gasteiger partial charge in [-0.3, -0.25) is 4.57 Å².